The van der Waals surface area contributed by atoms with Crippen molar-refractivity contribution in [3.63, 3.8) is 0 Å². The molecule has 0 bridgehead atoms. The highest BCUT2D eigenvalue weighted by Gasteiger charge is 2.30. The van der Waals surface area contributed by atoms with Crippen molar-refractivity contribution in [3.05, 3.63) is 28.8 Å². The summed E-state index contributed by atoms with van der Waals surface area (Å²) < 4.78 is 10.5. The molecule has 1 N–H and O–H groups in total. The highest BCUT2D eigenvalue weighted by molar-refractivity contribution is 6.31. The van der Waals surface area contributed by atoms with Crippen LogP contribution in [0.25, 0.3) is 0 Å². The molecule has 0 heterocycles. The Kier molecular flexibility index (Phi) is 6.71. The van der Waals surface area contributed by atoms with Crippen molar-refractivity contribution in [3.8, 4) is 5.75 Å². The highest BCUT2D eigenvalue weighted by Crippen LogP contribution is 2.29. The van der Waals surface area contributed by atoms with Crippen molar-refractivity contribution in [2.45, 2.75) is 52.2 Å². The molecule has 1 aromatic carbocycles. The van der Waals surface area contributed by atoms with Crippen LogP contribution in [0, 0.1) is 11.8 Å². The van der Waals surface area contributed by atoms with E-state index in [0.29, 0.717) is 22.6 Å². The molecule has 1 saturated carbocycles. The average Bonchev–Trinajstić information content (AvgIpc) is 2.58. The third-order valence-electron chi connectivity index (χ3n) is 5.07. The van der Waals surface area contributed by atoms with Crippen LogP contribution in [0.3, 0.4) is 0 Å². The Morgan fingerprint density at radius 3 is 2.68 bits per heavy atom. The number of ether oxygens (including phenoxy) is 2. The fourth-order valence-corrected chi connectivity index (χ4v) is 3.38. The van der Waals surface area contributed by atoms with Gasteiger partial charge in [0.1, 0.15) is 11.3 Å². The Balaban J connectivity index is 1.99. The van der Waals surface area contributed by atoms with Crippen LogP contribution < -0.4 is 10.1 Å². The first-order valence-corrected chi connectivity index (χ1v) is 9.06. The molecule has 2 rings (SSSR count). The molecule has 1 aliphatic rings. The van der Waals surface area contributed by atoms with Crippen molar-refractivity contribution in [1.82, 2.24) is 5.32 Å². The summed E-state index contributed by atoms with van der Waals surface area (Å²) in [6.07, 6.45) is 2.36. The fraction of sp³-hybridized carbons (Fsp3) is 0.579. The van der Waals surface area contributed by atoms with Crippen LogP contribution in [-0.4, -0.2) is 31.1 Å². The highest BCUT2D eigenvalue weighted by atomic mass is 35.5. The lowest BCUT2D eigenvalue weighted by Gasteiger charge is -2.35. The number of carbonyl (C=O) groups excluding carboxylic acids is 2. The Labute approximate surface area is 154 Å². The maximum atomic E-state index is 12.4. The molecule has 6 heteroatoms. The number of methoxy groups -OCH3 is 1. The fourth-order valence-electron chi connectivity index (χ4n) is 3.20. The van der Waals surface area contributed by atoms with E-state index >= 15 is 0 Å². The molecule has 25 heavy (non-hydrogen) atoms. The standard InChI is InChI=1S/C19H26ClNO4/c1-11-6-5-7-16(12(11)2)21-18(22)13(3)25-19(23)15-10-14(20)8-9-17(15)24-4/h8-13,16H,5-7H2,1-4H3,(H,21,22)/t11-,12+,13+,16+/m0/s1. The largest absolute Gasteiger partial charge is 0.496 e. The summed E-state index contributed by atoms with van der Waals surface area (Å²) in [4.78, 5) is 24.8. The van der Waals surface area contributed by atoms with E-state index in [1.165, 1.54) is 19.6 Å². The lowest BCUT2D eigenvalue weighted by molar-refractivity contribution is -0.130. The molecule has 0 aliphatic heterocycles. The molecule has 0 spiro atoms. The lowest BCUT2D eigenvalue weighted by Crippen LogP contribution is -2.47. The van der Waals surface area contributed by atoms with Crippen molar-refractivity contribution in [2.24, 2.45) is 11.8 Å². The molecule has 138 valence electrons. The Bertz CT molecular complexity index is 634. The molecule has 0 unspecified atom stereocenters. The molecule has 5 nitrogen and oxygen atoms in total. The van der Waals surface area contributed by atoms with Gasteiger partial charge in [-0.1, -0.05) is 38.3 Å². The second-order valence-electron chi connectivity index (χ2n) is 6.77. The summed E-state index contributed by atoms with van der Waals surface area (Å²) in [7, 11) is 1.46. The maximum absolute atomic E-state index is 12.4. The summed E-state index contributed by atoms with van der Waals surface area (Å²) in [5.41, 5.74) is 0.203. The minimum Gasteiger partial charge on any atom is -0.496 e. The van der Waals surface area contributed by atoms with Crippen molar-refractivity contribution in [1.29, 1.82) is 0 Å². The normalized spacial score (nSPS) is 24.3. The van der Waals surface area contributed by atoms with Crippen LogP contribution in [0.4, 0.5) is 0 Å². The predicted molar refractivity (Wildman–Crippen MR) is 97.0 cm³/mol. The number of benzene rings is 1. The molecule has 1 aliphatic carbocycles. The van der Waals surface area contributed by atoms with Gasteiger partial charge in [0, 0.05) is 11.1 Å². The van der Waals surface area contributed by atoms with E-state index in [9.17, 15) is 9.59 Å². The summed E-state index contributed by atoms with van der Waals surface area (Å²) in [5.74, 6) is 0.436. The lowest BCUT2D eigenvalue weighted by atomic mass is 9.78. The molecule has 1 amide bonds. The first-order valence-electron chi connectivity index (χ1n) is 8.68. The monoisotopic (exact) mass is 367 g/mol. The van der Waals surface area contributed by atoms with Gasteiger partial charge in [-0.25, -0.2) is 4.79 Å². The third kappa shape index (κ3) is 4.88. The molecule has 4 atom stereocenters. The van der Waals surface area contributed by atoms with Gasteiger partial charge in [0.25, 0.3) is 5.91 Å². The van der Waals surface area contributed by atoms with Crippen LogP contribution in [-0.2, 0) is 9.53 Å². The summed E-state index contributed by atoms with van der Waals surface area (Å²) in [6, 6.07) is 4.81. The van der Waals surface area contributed by atoms with Crippen LogP contribution in [0.2, 0.25) is 5.02 Å². The number of carbonyl (C=O) groups is 2. The van der Waals surface area contributed by atoms with E-state index in [0.717, 1.165) is 12.8 Å². The van der Waals surface area contributed by atoms with Crippen molar-refractivity contribution < 1.29 is 19.1 Å². The first-order chi connectivity index (χ1) is 11.8. The van der Waals surface area contributed by atoms with Crippen LogP contribution in [0.1, 0.15) is 50.4 Å². The Morgan fingerprint density at radius 2 is 2.00 bits per heavy atom. The van der Waals surface area contributed by atoms with E-state index in [2.05, 4.69) is 19.2 Å². The second-order valence-corrected chi connectivity index (χ2v) is 7.21. The van der Waals surface area contributed by atoms with Gasteiger partial charge in [0.05, 0.1) is 7.11 Å². The first kappa shape index (κ1) is 19.6. The van der Waals surface area contributed by atoms with Gasteiger partial charge in [-0.3, -0.25) is 4.79 Å². The topological polar surface area (TPSA) is 64.6 Å². The van der Waals surface area contributed by atoms with E-state index in [4.69, 9.17) is 21.1 Å². The predicted octanol–water partition coefficient (Wildman–Crippen LogP) is 3.83. The number of rotatable bonds is 5. The molecule has 1 aromatic rings. The maximum Gasteiger partial charge on any atom is 0.342 e. The quantitative estimate of drug-likeness (QED) is 0.803. The van der Waals surface area contributed by atoms with Crippen molar-refractivity contribution in [2.75, 3.05) is 7.11 Å². The second kappa shape index (κ2) is 8.56. The molecule has 0 saturated heterocycles. The van der Waals surface area contributed by atoms with Crippen LogP contribution in [0.5, 0.6) is 5.75 Å². The number of nitrogens with one attached hydrogen (secondary N) is 1. The molecular weight excluding hydrogens is 342 g/mol. The molecular formula is C19H26ClNO4. The zero-order valence-corrected chi connectivity index (χ0v) is 15.9. The van der Waals surface area contributed by atoms with E-state index < -0.39 is 12.1 Å². The van der Waals surface area contributed by atoms with E-state index in [1.807, 2.05) is 0 Å². The van der Waals surface area contributed by atoms with Crippen LogP contribution in [0.15, 0.2) is 18.2 Å². The summed E-state index contributed by atoms with van der Waals surface area (Å²) >= 11 is 5.93. The molecule has 0 aromatic heterocycles. The van der Waals surface area contributed by atoms with E-state index in [1.54, 1.807) is 19.1 Å². The minimum absolute atomic E-state index is 0.123. The average molecular weight is 368 g/mol. The van der Waals surface area contributed by atoms with Gasteiger partial charge >= 0.3 is 5.97 Å². The van der Waals surface area contributed by atoms with Gasteiger partial charge < -0.3 is 14.8 Å². The van der Waals surface area contributed by atoms with Gasteiger partial charge in [0.15, 0.2) is 6.10 Å². The number of amides is 1. The van der Waals surface area contributed by atoms with Gasteiger partial charge in [0.2, 0.25) is 0 Å². The zero-order chi connectivity index (χ0) is 18.6. The smallest absolute Gasteiger partial charge is 0.342 e. The third-order valence-corrected chi connectivity index (χ3v) is 5.30. The SMILES string of the molecule is COc1ccc(Cl)cc1C(=O)O[C@H](C)C(=O)N[C@@H]1CCC[C@H](C)[C@H]1C. The van der Waals surface area contributed by atoms with Gasteiger partial charge in [-0.05, 0) is 43.4 Å². The molecule has 0 radical (unpaired) electrons. The zero-order valence-electron chi connectivity index (χ0n) is 15.2. The minimum atomic E-state index is -0.888. The number of halogens is 1. The summed E-state index contributed by atoms with van der Waals surface area (Å²) in [5, 5.41) is 3.42. The Morgan fingerprint density at radius 1 is 1.28 bits per heavy atom. The van der Waals surface area contributed by atoms with E-state index in [-0.39, 0.29) is 17.5 Å². The van der Waals surface area contributed by atoms with Gasteiger partial charge in [-0.2, -0.15) is 0 Å². The molecule has 1 fully saturated rings. The van der Waals surface area contributed by atoms with Gasteiger partial charge in [-0.15, -0.1) is 0 Å². The number of hydrogen-bond acceptors (Lipinski definition) is 4. The van der Waals surface area contributed by atoms with Crippen LogP contribution >= 0.6 is 11.6 Å². The number of hydrogen-bond donors (Lipinski definition) is 1. The number of esters is 1. The van der Waals surface area contributed by atoms with Crippen molar-refractivity contribution >= 4 is 23.5 Å². The Hall–Kier alpha value is -1.75. The summed E-state index contributed by atoms with van der Waals surface area (Å²) in [6.45, 7) is 5.93.